The Morgan fingerprint density at radius 2 is 1.77 bits per heavy atom. The molecular formula is C25H45N3O6S. The predicted molar refractivity (Wildman–Crippen MR) is 133 cm³/mol. The quantitative estimate of drug-likeness (QED) is 0.275. The van der Waals surface area contributed by atoms with Gasteiger partial charge in [0.15, 0.2) is 0 Å². The molecule has 4 saturated carbocycles. The first-order valence-corrected chi connectivity index (χ1v) is 14.9. The Kier molecular flexibility index (Phi) is 7.17. The molecule has 4 fully saturated rings. The van der Waals surface area contributed by atoms with E-state index in [-0.39, 0.29) is 41.2 Å². The molecule has 1 amide bonds. The monoisotopic (exact) mass is 515 g/mol. The highest BCUT2D eigenvalue weighted by atomic mass is 32.2. The molecule has 4 rings (SSSR count). The number of nitrogens with one attached hydrogen (secondary N) is 1. The van der Waals surface area contributed by atoms with Crippen LogP contribution in [0.25, 0.3) is 0 Å². The second-order valence-corrected chi connectivity index (χ2v) is 14.1. The Labute approximate surface area is 209 Å². The summed E-state index contributed by atoms with van der Waals surface area (Å²) in [4.78, 5) is 12.1. The molecule has 9 atom stereocenters. The van der Waals surface area contributed by atoms with E-state index >= 15 is 0 Å². The van der Waals surface area contributed by atoms with Crippen LogP contribution >= 0.6 is 0 Å². The summed E-state index contributed by atoms with van der Waals surface area (Å²) in [6.45, 7) is 4.44. The van der Waals surface area contributed by atoms with Crippen molar-refractivity contribution in [2.24, 2.45) is 40.1 Å². The third kappa shape index (κ3) is 4.36. The van der Waals surface area contributed by atoms with Crippen LogP contribution in [0.4, 0.5) is 0 Å². The summed E-state index contributed by atoms with van der Waals surface area (Å²) in [5.41, 5.74) is 12.8. The van der Waals surface area contributed by atoms with Crippen molar-refractivity contribution in [2.75, 3.05) is 12.3 Å². The Hall–Kier alpha value is -0.780. The molecule has 0 bridgehead atoms. The Bertz CT molecular complexity index is 932. The van der Waals surface area contributed by atoms with E-state index in [1.807, 2.05) is 0 Å². The molecular weight excluding hydrogens is 470 g/mol. The van der Waals surface area contributed by atoms with Gasteiger partial charge in [0.05, 0.1) is 23.5 Å². The Morgan fingerprint density at radius 3 is 2.46 bits per heavy atom. The zero-order valence-corrected chi connectivity index (χ0v) is 22.0. The SMILES string of the molecule is CC12CCC3(N)C4(C)CC[C@@H](O)CC4CC(O)C3(N)C1CCC2CCCC(=O)NCCS(=O)(=O)O. The highest BCUT2D eigenvalue weighted by Gasteiger charge is 2.74. The van der Waals surface area contributed by atoms with Crippen LogP contribution in [0, 0.1) is 28.6 Å². The number of hydrogen-bond donors (Lipinski definition) is 6. The second kappa shape index (κ2) is 9.20. The van der Waals surface area contributed by atoms with Crippen LogP contribution in [0.2, 0.25) is 0 Å². The first-order valence-electron chi connectivity index (χ1n) is 13.3. The van der Waals surface area contributed by atoms with Crippen LogP contribution in [0.15, 0.2) is 0 Å². The number of aliphatic hydroxyl groups excluding tert-OH is 2. The molecule has 4 aliphatic rings. The molecule has 35 heavy (non-hydrogen) atoms. The lowest BCUT2D eigenvalue weighted by Crippen LogP contribution is -2.86. The molecule has 0 saturated heterocycles. The van der Waals surface area contributed by atoms with Gasteiger partial charge < -0.3 is 27.0 Å². The molecule has 0 aromatic rings. The molecule has 8 unspecified atom stereocenters. The van der Waals surface area contributed by atoms with Crippen molar-refractivity contribution >= 4 is 16.0 Å². The summed E-state index contributed by atoms with van der Waals surface area (Å²) in [6.07, 6.45) is 7.27. The van der Waals surface area contributed by atoms with E-state index in [1.165, 1.54) is 0 Å². The van der Waals surface area contributed by atoms with Crippen molar-refractivity contribution in [3.8, 4) is 0 Å². The smallest absolute Gasteiger partial charge is 0.266 e. The molecule has 202 valence electrons. The minimum absolute atomic E-state index is 0.0581. The van der Waals surface area contributed by atoms with Crippen molar-refractivity contribution in [1.29, 1.82) is 0 Å². The first kappa shape index (κ1) is 27.3. The number of rotatable bonds is 7. The van der Waals surface area contributed by atoms with Gasteiger partial charge >= 0.3 is 0 Å². The summed E-state index contributed by atoms with van der Waals surface area (Å²) in [6, 6.07) is 0. The molecule has 0 aromatic carbocycles. The van der Waals surface area contributed by atoms with Crippen LogP contribution < -0.4 is 16.8 Å². The van der Waals surface area contributed by atoms with E-state index in [0.717, 1.165) is 44.9 Å². The van der Waals surface area contributed by atoms with Crippen LogP contribution in [-0.4, -0.2) is 64.7 Å². The van der Waals surface area contributed by atoms with Crippen molar-refractivity contribution in [2.45, 2.75) is 108 Å². The molecule has 0 aromatic heterocycles. The molecule has 0 radical (unpaired) electrons. The standard InChI is InChI=1S/C25H45N3O6S/c1-22-10-11-24(26)23(2)9-8-18(29)14-17(23)15-20(30)25(24,27)19(22)7-6-16(22)4-3-5-21(31)28-12-13-35(32,33)34/h16-20,29-30H,3-15,26-27H2,1-2H3,(H,28,31)(H,32,33,34)/t16?,17?,18-,19?,20?,22?,23?,24?,25?/m1/s1. The summed E-state index contributed by atoms with van der Waals surface area (Å²) in [7, 11) is -4.08. The predicted octanol–water partition coefficient (Wildman–Crippen LogP) is 1.31. The number of nitrogens with two attached hydrogens (primary N) is 2. The van der Waals surface area contributed by atoms with Crippen molar-refractivity contribution in [1.82, 2.24) is 5.32 Å². The van der Waals surface area contributed by atoms with Crippen LogP contribution in [0.3, 0.4) is 0 Å². The van der Waals surface area contributed by atoms with E-state index in [1.54, 1.807) is 0 Å². The number of carbonyl (C=O) groups is 1. The molecule has 8 N–H and O–H groups in total. The van der Waals surface area contributed by atoms with Gasteiger partial charge in [0.25, 0.3) is 10.1 Å². The van der Waals surface area contributed by atoms with Gasteiger partial charge in [0.2, 0.25) is 5.91 Å². The molecule has 0 spiro atoms. The van der Waals surface area contributed by atoms with Gasteiger partial charge in [-0.2, -0.15) is 8.42 Å². The second-order valence-electron chi connectivity index (χ2n) is 12.6. The number of aliphatic hydroxyl groups is 2. The Morgan fingerprint density at radius 1 is 1.06 bits per heavy atom. The van der Waals surface area contributed by atoms with Crippen LogP contribution in [0.5, 0.6) is 0 Å². The number of hydrogen-bond acceptors (Lipinski definition) is 7. The zero-order chi connectivity index (χ0) is 25.9. The van der Waals surface area contributed by atoms with Gasteiger partial charge in [-0.25, -0.2) is 0 Å². The average Bonchev–Trinajstić information content (AvgIpc) is 3.09. The lowest BCUT2D eigenvalue weighted by Gasteiger charge is -2.71. The largest absolute Gasteiger partial charge is 0.393 e. The molecule has 10 heteroatoms. The lowest BCUT2D eigenvalue weighted by molar-refractivity contribution is -0.199. The average molecular weight is 516 g/mol. The summed E-state index contributed by atoms with van der Waals surface area (Å²) in [5, 5.41) is 24.4. The lowest BCUT2D eigenvalue weighted by atomic mass is 9.38. The number of carbonyl (C=O) groups excluding carboxylic acids is 1. The minimum atomic E-state index is -4.08. The van der Waals surface area contributed by atoms with E-state index in [2.05, 4.69) is 19.2 Å². The fraction of sp³-hybridized carbons (Fsp3) is 0.960. The third-order valence-electron chi connectivity index (χ3n) is 11.1. The third-order valence-corrected chi connectivity index (χ3v) is 11.8. The minimum Gasteiger partial charge on any atom is -0.393 e. The van der Waals surface area contributed by atoms with Crippen molar-refractivity contribution < 1.29 is 28.0 Å². The maximum atomic E-state index is 12.1. The summed E-state index contributed by atoms with van der Waals surface area (Å²) >= 11 is 0. The topological polar surface area (TPSA) is 176 Å². The van der Waals surface area contributed by atoms with Gasteiger partial charge in [-0.15, -0.1) is 0 Å². The molecule has 0 heterocycles. The van der Waals surface area contributed by atoms with E-state index in [9.17, 15) is 23.4 Å². The van der Waals surface area contributed by atoms with Crippen LogP contribution in [-0.2, 0) is 14.9 Å². The number of fused-ring (bicyclic) bond motifs is 5. The zero-order valence-electron chi connectivity index (χ0n) is 21.2. The molecule has 4 aliphatic carbocycles. The van der Waals surface area contributed by atoms with Gasteiger partial charge in [0.1, 0.15) is 0 Å². The highest BCUT2D eigenvalue weighted by Crippen LogP contribution is 2.69. The first-order chi connectivity index (χ1) is 16.2. The Balaban J connectivity index is 1.44. The summed E-state index contributed by atoms with van der Waals surface area (Å²) in [5.74, 6) is -0.0454. The van der Waals surface area contributed by atoms with Gasteiger partial charge in [-0.05, 0) is 92.8 Å². The molecule has 0 aliphatic heterocycles. The van der Waals surface area contributed by atoms with E-state index < -0.39 is 33.1 Å². The fourth-order valence-corrected chi connectivity index (χ4v) is 9.31. The van der Waals surface area contributed by atoms with Crippen molar-refractivity contribution in [3.05, 3.63) is 0 Å². The van der Waals surface area contributed by atoms with Gasteiger partial charge in [-0.1, -0.05) is 13.8 Å². The summed E-state index contributed by atoms with van der Waals surface area (Å²) < 4.78 is 30.4. The molecule has 9 nitrogen and oxygen atoms in total. The van der Waals surface area contributed by atoms with E-state index in [0.29, 0.717) is 31.6 Å². The maximum absolute atomic E-state index is 12.1. The van der Waals surface area contributed by atoms with Crippen LogP contribution in [0.1, 0.15) is 84.5 Å². The fourth-order valence-electron chi connectivity index (χ4n) is 8.95. The maximum Gasteiger partial charge on any atom is 0.266 e. The van der Waals surface area contributed by atoms with Crippen molar-refractivity contribution in [3.63, 3.8) is 0 Å². The normalized spacial score (nSPS) is 47.5. The number of amides is 1. The van der Waals surface area contributed by atoms with Gasteiger partial charge in [0, 0.05) is 18.5 Å². The van der Waals surface area contributed by atoms with Gasteiger partial charge in [-0.3, -0.25) is 9.35 Å². The highest BCUT2D eigenvalue weighted by molar-refractivity contribution is 7.85. The van der Waals surface area contributed by atoms with E-state index in [4.69, 9.17) is 16.0 Å².